The van der Waals surface area contributed by atoms with Crippen LogP contribution in [0.3, 0.4) is 0 Å². The summed E-state index contributed by atoms with van der Waals surface area (Å²) in [5.74, 6) is 0.0506. The number of piperidine rings is 1. The summed E-state index contributed by atoms with van der Waals surface area (Å²) in [6.45, 7) is 1.35. The summed E-state index contributed by atoms with van der Waals surface area (Å²) in [5.41, 5.74) is 0. The first-order chi connectivity index (χ1) is 13.1. The molecule has 1 atom stereocenters. The minimum absolute atomic E-state index is 0.0676. The molecule has 0 unspecified atom stereocenters. The van der Waals surface area contributed by atoms with Gasteiger partial charge in [0.1, 0.15) is 4.32 Å². The maximum absolute atomic E-state index is 12.6. The largest absolute Gasteiger partial charge is 0.396 e. The number of aliphatic hydroxyl groups is 1. The third-order valence-electron chi connectivity index (χ3n) is 4.87. The van der Waals surface area contributed by atoms with Gasteiger partial charge in [0, 0.05) is 37.0 Å². The third kappa shape index (κ3) is 5.19. The van der Waals surface area contributed by atoms with Gasteiger partial charge in [0.15, 0.2) is 0 Å². The zero-order chi connectivity index (χ0) is 19.2. The molecule has 3 rings (SSSR count). The van der Waals surface area contributed by atoms with Crippen LogP contribution in [0.2, 0.25) is 0 Å². The van der Waals surface area contributed by atoms with Crippen LogP contribution in [-0.2, 0) is 9.59 Å². The fourth-order valence-electron chi connectivity index (χ4n) is 3.51. The fraction of sp³-hybridized carbons (Fsp3) is 0.526. The number of thiocarbonyl (C=S) groups is 1. The summed E-state index contributed by atoms with van der Waals surface area (Å²) in [4.78, 5) is 30.4. The molecule has 3 heterocycles. The van der Waals surface area contributed by atoms with E-state index in [0.29, 0.717) is 35.0 Å². The van der Waals surface area contributed by atoms with Gasteiger partial charge in [0.2, 0.25) is 5.91 Å². The zero-order valence-electron chi connectivity index (χ0n) is 15.1. The van der Waals surface area contributed by atoms with Gasteiger partial charge in [-0.1, -0.05) is 30.0 Å². The number of hydrogen-bond donors (Lipinski definition) is 1. The van der Waals surface area contributed by atoms with Crippen molar-refractivity contribution in [2.75, 3.05) is 19.7 Å². The van der Waals surface area contributed by atoms with Crippen LogP contribution in [0.5, 0.6) is 0 Å². The predicted molar refractivity (Wildman–Crippen MR) is 114 cm³/mol. The van der Waals surface area contributed by atoms with Crippen LogP contribution in [0.15, 0.2) is 22.4 Å². The van der Waals surface area contributed by atoms with E-state index in [1.807, 2.05) is 28.5 Å². The van der Waals surface area contributed by atoms with E-state index in [1.165, 1.54) is 11.8 Å². The molecule has 146 valence electrons. The summed E-state index contributed by atoms with van der Waals surface area (Å²) in [5, 5.41) is 11.2. The second-order valence-corrected chi connectivity index (χ2v) is 9.36. The molecule has 8 heteroatoms. The molecule has 0 aliphatic carbocycles. The Labute approximate surface area is 173 Å². The lowest BCUT2D eigenvalue weighted by Crippen LogP contribution is -2.44. The van der Waals surface area contributed by atoms with Crippen LogP contribution in [0, 0.1) is 0 Å². The molecule has 2 saturated heterocycles. The Morgan fingerprint density at radius 2 is 2.26 bits per heavy atom. The Morgan fingerprint density at radius 3 is 3.00 bits per heavy atom. The van der Waals surface area contributed by atoms with Gasteiger partial charge in [-0.15, -0.1) is 11.3 Å². The van der Waals surface area contributed by atoms with Crippen molar-refractivity contribution in [3.63, 3.8) is 0 Å². The first kappa shape index (κ1) is 20.5. The fourth-order valence-corrected chi connectivity index (χ4v) is 5.54. The first-order valence-corrected chi connectivity index (χ1v) is 11.4. The predicted octanol–water partition coefficient (Wildman–Crippen LogP) is 3.49. The highest BCUT2D eigenvalue weighted by Gasteiger charge is 2.32. The Bertz CT molecular complexity index is 716. The highest BCUT2D eigenvalue weighted by atomic mass is 32.2. The lowest BCUT2D eigenvalue weighted by atomic mass is 9.99. The molecule has 0 bridgehead atoms. The number of amides is 2. The Balaban J connectivity index is 1.51. The van der Waals surface area contributed by atoms with E-state index in [1.54, 1.807) is 16.2 Å². The van der Waals surface area contributed by atoms with Crippen molar-refractivity contribution in [3.8, 4) is 0 Å². The molecule has 27 heavy (non-hydrogen) atoms. The standard InChI is InChI=1S/C19H24N2O3S3/c22-11-8-14-5-1-2-9-20(14)17(23)7-3-10-21-18(24)16(27-19(21)25)13-15-6-4-12-26-15/h4,6,12-14,22H,1-3,5,7-11H2/b16-13-/t14-/m1/s1. The van der Waals surface area contributed by atoms with Crippen molar-refractivity contribution in [1.82, 2.24) is 9.80 Å². The van der Waals surface area contributed by atoms with Gasteiger partial charge in [-0.25, -0.2) is 0 Å². The summed E-state index contributed by atoms with van der Waals surface area (Å²) in [7, 11) is 0. The Kier molecular flexibility index (Phi) is 7.46. The van der Waals surface area contributed by atoms with E-state index >= 15 is 0 Å². The van der Waals surface area contributed by atoms with Crippen molar-refractivity contribution < 1.29 is 14.7 Å². The van der Waals surface area contributed by atoms with Gasteiger partial charge in [-0.2, -0.15) is 0 Å². The van der Waals surface area contributed by atoms with Gasteiger partial charge >= 0.3 is 0 Å². The molecule has 0 radical (unpaired) electrons. The monoisotopic (exact) mass is 424 g/mol. The van der Waals surface area contributed by atoms with Gasteiger partial charge in [0.25, 0.3) is 5.91 Å². The molecule has 1 N–H and O–H groups in total. The molecule has 5 nitrogen and oxygen atoms in total. The van der Waals surface area contributed by atoms with Crippen LogP contribution < -0.4 is 0 Å². The molecule has 1 aromatic rings. The van der Waals surface area contributed by atoms with Gasteiger partial charge < -0.3 is 10.0 Å². The average molecular weight is 425 g/mol. The molecule has 2 aliphatic rings. The number of aliphatic hydroxyl groups excluding tert-OH is 1. The third-order valence-corrected chi connectivity index (χ3v) is 7.07. The summed E-state index contributed by atoms with van der Waals surface area (Å²) >= 11 is 8.27. The van der Waals surface area contributed by atoms with Crippen LogP contribution in [0.1, 0.15) is 43.4 Å². The van der Waals surface area contributed by atoms with E-state index < -0.39 is 0 Å². The van der Waals surface area contributed by atoms with Gasteiger partial charge in [0.05, 0.1) is 4.91 Å². The van der Waals surface area contributed by atoms with Crippen LogP contribution in [0.25, 0.3) is 6.08 Å². The topological polar surface area (TPSA) is 60.9 Å². The second-order valence-electron chi connectivity index (χ2n) is 6.70. The van der Waals surface area contributed by atoms with E-state index in [2.05, 4.69) is 0 Å². The molecular weight excluding hydrogens is 400 g/mol. The molecule has 0 aromatic carbocycles. The summed E-state index contributed by atoms with van der Waals surface area (Å²) in [6, 6.07) is 4.08. The number of hydrogen-bond acceptors (Lipinski definition) is 6. The zero-order valence-corrected chi connectivity index (χ0v) is 17.6. The van der Waals surface area contributed by atoms with Crippen LogP contribution in [-0.4, -0.2) is 56.8 Å². The Hall–Kier alpha value is -1.22. The number of likely N-dealkylation sites (tertiary alicyclic amines) is 1. The van der Waals surface area contributed by atoms with Crippen molar-refractivity contribution >= 4 is 57.5 Å². The normalized spacial score (nSPS) is 22.1. The van der Waals surface area contributed by atoms with Crippen LogP contribution in [0.4, 0.5) is 0 Å². The van der Waals surface area contributed by atoms with Crippen LogP contribution >= 0.6 is 35.3 Å². The lowest BCUT2D eigenvalue weighted by Gasteiger charge is -2.35. The highest BCUT2D eigenvalue weighted by Crippen LogP contribution is 2.33. The van der Waals surface area contributed by atoms with Gasteiger partial charge in [-0.05, 0) is 49.6 Å². The molecule has 2 fully saturated rings. The van der Waals surface area contributed by atoms with E-state index in [-0.39, 0.29) is 24.5 Å². The smallest absolute Gasteiger partial charge is 0.266 e. The Morgan fingerprint density at radius 1 is 1.41 bits per heavy atom. The van der Waals surface area contributed by atoms with Gasteiger partial charge in [-0.3, -0.25) is 14.5 Å². The number of rotatable bonds is 7. The van der Waals surface area contributed by atoms with Crippen molar-refractivity contribution in [2.45, 2.75) is 44.6 Å². The van der Waals surface area contributed by atoms with E-state index in [0.717, 1.165) is 30.7 Å². The quantitative estimate of drug-likeness (QED) is 0.536. The molecule has 0 spiro atoms. The van der Waals surface area contributed by atoms with E-state index in [9.17, 15) is 14.7 Å². The SMILES string of the molecule is O=C1/C(=C/c2cccs2)SC(=S)N1CCCC(=O)N1CCCC[C@@H]1CCO. The lowest BCUT2D eigenvalue weighted by molar-refractivity contribution is -0.135. The number of thioether (sulfide) groups is 1. The summed E-state index contributed by atoms with van der Waals surface area (Å²) < 4.78 is 0.561. The number of thiophene rings is 1. The minimum atomic E-state index is -0.0676. The maximum Gasteiger partial charge on any atom is 0.266 e. The van der Waals surface area contributed by atoms with Crippen molar-refractivity contribution in [3.05, 3.63) is 27.3 Å². The minimum Gasteiger partial charge on any atom is -0.396 e. The summed E-state index contributed by atoms with van der Waals surface area (Å²) in [6.07, 6.45) is 6.63. The highest BCUT2D eigenvalue weighted by molar-refractivity contribution is 8.26. The van der Waals surface area contributed by atoms with Crippen molar-refractivity contribution in [1.29, 1.82) is 0 Å². The average Bonchev–Trinajstić information content (AvgIpc) is 3.26. The molecule has 1 aromatic heterocycles. The van der Waals surface area contributed by atoms with E-state index in [4.69, 9.17) is 12.2 Å². The molecule has 2 aliphatic heterocycles. The second kappa shape index (κ2) is 9.82. The number of nitrogens with zero attached hydrogens (tertiary/aromatic N) is 2. The number of carbonyl (C=O) groups is 2. The first-order valence-electron chi connectivity index (χ1n) is 9.29. The number of carbonyl (C=O) groups excluding carboxylic acids is 2. The molecule has 2 amide bonds. The maximum atomic E-state index is 12.6. The van der Waals surface area contributed by atoms with Crippen molar-refractivity contribution in [2.24, 2.45) is 0 Å². The molecule has 0 saturated carbocycles. The molecular formula is C19H24N2O3S3.